The van der Waals surface area contributed by atoms with Crippen LogP contribution < -0.4 is 15.5 Å². The molecule has 1 saturated heterocycles. The molecule has 1 aliphatic carbocycles. The highest BCUT2D eigenvalue weighted by atomic mass is 16.6. The first-order valence-corrected chi connectivity index (χ1v) is 10.2. The zero-order valence-corrected chi connectivity index (χ0v) is 16.7. The molecular weight excluding hydrogens is 392 g/mol. The number of urea groups is 1. The Morgan fingerprint density at radius 2 is 1.80 bits per heavy atom. The van der Waals surface area contributed by atoms with Crippen LogP contribution in [0.4, 0.5) is 16.2 Å². The molecule has 0 bridgehead atoms. The maximum atomic E-state index is 12.2. The van der Waals surface area contributed by atoms with Crippen LogP contribution >= 0.6 is 0 Å². The Kier molecular flexibility index (Phi) is 7.21. The molecule has 0 aromatic heterocycles. The lowest BCUT2D eigenvalue weighted by molar-refractivity contribution is -0.384. The molecule has 10 heteroatoms. The summed E-state index contributed by atoms with van der Waals surface area (Å²) in [4.78, 5) is 48.7. The molecule has 2 N–H and O–H groups in total. The van der Waals surface area contributed by atoms with Crippen LogP contribution in [-0.4, -0.2) is 48.6 Å². The van der Waals surface area contributed by atoms with Gasteiger partial charge in [-0.3, -0.25) is 20.2 Å². The van der Waals surface area contributed by atoms with Gasteiger partial charge in [0.1, 0.15) is 5.69 Å². The van der Waals surface area contributed by atoms with Crippen molar-refractivity contribution in [1.82, 2.24) is 10.6 Å². The van der Waals surface area contributed by atoms with E-state index in [2.05, 4.69) is 10.6 Å². The van der Waals surface area contributed by atoms with Gasteiger partial charge in [-0.2, -0.15) is 0 Å². The highest BCUT2D eigenvalue weighted by molar-refractivity contribution is 5.97. The monoisotopic (exact) mass is 418 g/mol. The SMILES string of the molecule is O=C(COC(=O)c1ccc(N2CCCCC2)c([N+](=O)[O-])c1)NC(=O)NC1CCCC1. The average Bonchev–Trinajstić information content (AvgIpc) is 3.25. The van der Waals surface area contributed by atoms with Crippen molar-refractivity contribution in [3.63, 3.8) is 0 Å². The minimum atomic E-state index is -0.866. The number of ether oxygens (including phenoxy) is 1. The number of carbonyl (C=O) groups excluding carboxylic acids is 3. The van der Waals surface area contributed by atoms with Crippen molar-refractivity contribution in [2.75, 3.05) is 24.6 Å². The van der Waals surface area contributed by atoms with E-state index in [-0.39, 0.29) is 17.3 Å². The summed E-state index contributed by atoms with van der Waals surface area (Å²) < 4.78 is 4.91. The fourth-order valence-corrected chi connectivity index (χ4v) is 3.87. The minimum Gasteiger partial charge on any atom is -0.452 e. The van der Waals surface area contributed by atoms with Gasteiger partial charge in [0.25, 0.3) is 11.6 Å². The molecule has 0 unspecified atom stereocenters. The second-order valence-corrected chi connectivity index (χ2v) is 7.59. The highest BCUT2D eigenvalue weighted by Gasteiger charge is 2.24. The van der Waals surface area contributed by atoms with Crippen LogP contribution in [0.5, 0.6) is 0 Å². The maximum Gasteiger partial charge on any atom is 0.338 e. The molecule has 0 radical (unpaired) electrons. The molecule has 162 valence electrons. The van der Waals surface area contributed by atoms with Gasteiger partial charge < -0.3 is 15.0 Å². The van der Waals surface area contributed by atoms with E-state index in [1.54, 1.807) is 0 Å². The highest BCUT2D eigenvalue weighted by Crippen LogP contribution is 2.31. The van der Waals surface area contributed by atoms with E-state index in [1.807, 2.05) is 4.90 Å². The van der Waals surface area contributed by atoms with E-state index >= 15 is 0 Å². The summed E-state index contributed by atoms with van der Waals surface area (Å²) in [5, 5.41) is 16.3. The first-order chi connectivity index (χ1) is 14.4. The van der Waals surface area contributed by atoms with Gasteiger partial charge in [0.15, 0.2) is 6.61 Å². The second-order valence-electron chi connectivity index (χ2n) is 7.59. The third kappa shape index (κ3) is 5.68. The summed E-state index contributed by atoms with van der Waals surface area (Å²) in [7, 11) is 0. The maximum absolute atomic E-state index is 12.2. The molecular formula is C20H26N4O6. The van der Waals surface area contributed by atoms with Gasteiger partial charge in [-0.25, -0.2) is 9.59 Å². The predicted octanol–water partition coefficient (Wildman–Crippen LogP) is 2.51. The summed E-state index contributed by atoms with van der Waals surface area (Å²) in [6.07, 6.45) is 6.86. The summed E-state index contributed by atoms with van der Waals surface area (Å²) in [6, 6.07) is 3.58. The van der Waals surface area contributed by atoms with Crippen molar-refractivity contribution < 1.29 is 24.0 Å². The molecule has 1 aliphatic heterocycles. The van der Waals surface area contributed by atoms with E-state index in [1.165, 1.54) is 12.1 Å². The molecule has 1 aromatic rings. The Morgan fingerprint density at radius 1 is 1.10 bits per heavy atom. The predicted molar refractivity (Wildman–Crippen MR) is 108 cm³/mol. The van der Waals surface area contributed by atoms with Crippen molar-refractivity contribution >= 4 is 29.3 Å². The van der Waals surface area contributed by atoms with Crippen LogP contribution in [0.15, 0.2) is 18.2 Å². The molecule has 1 saturated carbocycles. The van der Waals surface area contributed by atoms with Crippen LogP contribution in [0.2, 0.25) is 0 Å². The number of piperidine rings is 1. The molecule has 3 amide bonds. The fourth-order valence-electron chi connectivity index (χ4n) is 3.87. The quantitative estimate of drug-likeness (QED) is 0.412. The standard InChI is InChI=1S/C20H26N4O6/c25-18(22-20(27)21-15-6-2-3-7-15)13-30-19(26)14-8-9-16(17(12-14)24(28)29)23-10-4-1-5-11-23/h8-9,12,15H,1-7,10-11,13H2,(H2,21,22,25,27). The molecule has 1 heterocycles. The number of nitrogens with one attached hydrogen (secondary N) is 2. The molecule has 3 rings (SSSR count). The van der Waals surface area contributed by atoms with E-state index in [9.17, 15) is 24.5 Å². The average molecular weight is 418 g/mol. The van der Waals surface area contributed by atoms with Gasteiger partial charge in [-0.1, -0.05) is 12.8 Å². The van der Waals surface area contributed by atoms with Crippen LogP contribution in [0.1, 0.15) is 55.3 Å². The molecule has 2 aliphatic rings. The lowest BCUT2D eigenvalue weighted by atomic mass is 10.1. The number of hydrogen-bond donors (Lipinski definition) is 2. The number of imide groups is 1. The first kappa shape index (κ1) is 21.5. The number of amides is 3. The van der Waals surface area contributed by atoms with Crippen LogP contribution in [-0.2, 0) is 9.53 Å². The third-order valence-electron chi connectivity index (χ3n) is 5.38. The zero-order valence-electron chi connectivity index (χ0n) is 16.7. The zero-order chi connectivity index (χ0) is 21.5. The summed E-state index contributed by atoms with van der Waals surface area (Å²) >= 11 is 0. The van der Waals surface area contributed by atoms with Crippen LogP contribution in [0.25, 0.3) is 0 Å². The van der Waals surface area contributed by atoms with Gasteiger partial charge in [-0.15, -0.1) is 0 Å². The number of hydrogen-bond acceptors (Lipinski definition) is 7. The van der Waals surface area contributed by atoms with Crippen molar-refractivity contribution in [3.05, 3.63) is 33.9 Å². The van der Waals surface area contributed by atoms with Crippen molar-refractivity contribution in [3.8, 4) is 0 Å². The summed E-state index contributed by atoms with van der Waals surface area (Å²) in [5.41, 5.74) is 0.273. The summed E-state index contributed by atoms with van der Waals surface area (Å²) in [6.45, 7) is 0.806. The van der Waals surface area contributed by atoms with Gasteiger partial charge in [0.2, 0.25) is 0 Å². The lowest BCUT2D eigenvalue weighted by Crippen LogP contribution is -2.45. The largest absolute Gasteiger partial charge is 0.452 e. The number of esters is 1. The van der Waals surface area contributed by atoms with E-state index in [4.69, 9.17) is 4.74 Å². The van der Waals surface area contributed by atoms with Crippen LogP contribution in [0.3, 0.4) is 0 Å². The third-order valence-corrected chi connectivity index (χ3v) is 5.38. The minimum absolute atomic E-state index is 0.0225. The summed E-state index contributed by atoms with van der Waals surface area (Å²) in [5.74, 6) is -1.63. The lowest BCUT2D eigenvalue weighted by Gasteiger charge is -2.28. The van der Waals surface area contributed by atoms with Gasteiger partial charge in [0.05, 0.1) is 10.5 Å². The fraction of sp³-hybridized carbons (Fsp3) is 0.550. The normalized spacial score (nSPS) is 16.7. The van der Waals surface area contributed by atoms with E-state index in [0.717, 1.165) is 64.1 Å². The van der Waals surface area contributed by atoms with Gasteiger partial charge in [-0.05, 0) is 44.2 Å². The van der Waals surface area contributed by atoms with Gasteiger partial charge >= 0.3 is 12.0 Å². The Hall–Kier alpha value is -3.17. The van der Waals surface area contributed by atoms with Crippen molar-refractivity contribution in [2.24, 2.45) is 0 Å². The molecule has 0 atom stereocenters. The van der Waals surface area contributed by atoms with Gasteiger partial charge in [0, 0.05) is 25.2 Å². The molecule has 10 nitrogen and oxygen atoms in total. The second kappa shape index (κ2) is 10.0. The topological polar surface area (TPSA) is 131 Å². The van der Waals surface area contributed by atoms with E-state index < -0.39 is 29.4 Å². The Bertz CT molecular complexity index is 816. The smallest absolute Gasteiger partial charge is 0.338 e. The molecule has 30 heavy (non-hydrogen) atoms. The molecule has 1 aromatic carbocycles. The number of nitrogens with zero attached hydrogens (tertiary/aromatic N) is 2. The molecule has 0 spiro atoms. The number of nitro benzene ring substituents is 1. The number of benzene rings is 1. The molecule has 2 fully saturated rings. The number of rotatable bonds is 6. The van der Waals surface area contributed by atoms with Crippen LogP contribution in [0, 0.1) is 10.1 Å². The number of carbonyl (C=O) groups is 3. The first-order valence-electron chi connectivity index (χ1n) is 10.2. The number of nitro groups is 1. The Balaban J connectivity index is 1.55. The Labute approximate surface area is 174 Å². The Morgan fingerprint density at radius 3 is 2.47 bits per heavy atom. The van der Waals surface area contributed by atoms with E-state index in [0.29, 0.717) is 5.69 Å². The van der Waals surface area contributed by atoms with Crippen molar-refractivity contribution in [2.45, 2.75) is 51.0 Å². The van der Waals surface area contributed by atoms with Crippen molar-refractivity contribution in [1.29, 1.82) is 0 Å². The number of anilines is 1.